The van der Waals surface area contributed by atoms with Gasteiger partial charge in [0, 0.05) is 18.6 Å². The van der Waals surface area contributed by atoms with Crippen molar-refractivity contribution in [3.8, 4) is 0 Å². The minimum absolute atomic E-state index is 0.283. The van der Waals surface area contributed by atoms with Crippen LogP contribution in [-0.4, -0.2) is 24.5 Å². The molecule has 0 radical (unpaired) electrons. The van der Waals surface area contributed by atoms with Crippen molar-refractivity contribution in [1.82, 2.24) is 4.90 Å². The summed E-state index contributed by atoms with van der Waals surface area (Å²) >= 11 is 0. The van der Waals surface area contributed by atoms with E-state index < -0.39 is 0 Å². The molecule has 0 heterocycles. The van der Waals surface area contributed by atoms with Gasteiger partial charge in [-0.1, -0.05) is 56.3 Å². The molecule has 0 aliphatic rings. The Labute approximate surface area is 122 Å². The number of likely N-dealkylation sites (N-methyl/N-ethyl adjacent to an activating group) is 1. The molecule has 0 saturated heterocycles. The van der Waals surface area contributed by atoms with Gasteiger partial charge in [0.25, 0.3) is 0 Å². The molecule has 1 unspecified atom stereocenters. The lowest BCUT2D eigenvalue weighted by atomic mass is 9.96. The summed E-state index contributed by atoms with van der Waals surface area (Å²) in [6.45, 7) is 5.16. The fourth-order valence-corrected chi connectivity index (χ4v) is 3.17. The highest BCUT2D eigenvalue weighted by atomic mass is 15.2. The zero-order chi connectivity index (χ0) is 14.5. The van der Waals surface area contributed by atoms with E-state index in [2.05, 4.69) is 68.3 Å². The maximum absolute atomic E-state index is 6.10. The topological polar surface area (TPSA) is 29.3 Å². The average Bonchev–Trinajstić information content (AvgIpc) is 2.49. The summed E-state index contributed by atoms with van der Waals surface area (Å²) in [5, 5.41) is 2.62. The number of nitrogens with two attached hydrogens (primary N) is 1. The molecule has 0 aromatic heterocycles. The van der Waals surface area contributed by atoms with E-state index in [0.29, 0.717) is 12.6 Å². The van der Waals surface area contributed by atoms with Gasteiger partial charge >= 0.3 is 0 Å². The zero-order valence-corrected chi connectivity index (χ0v) is 12.8. The fourth-order valence-electron chi connectivity index (χ4n) is 3.17. The molecule has 0 aliphatic heterocycles. The van der Waals surface area contributed by atoms with Crippen LogP contribution in [0.1, 0.15) is 38.3 Å². The summed E-state index contributed by atoms with van der Waals surface area (Å²) < 4.78 is 0. The molecule has 2 heteroatoms. The van der Waals surface area contributed by atoms with Gasteiger partial charge in [-0.15, -0.1) is 0 Å². The molecule has 20 heavy (non-hydrogen) atoms. The van der Waals surface area contributed by atoms with Gasteiger partial charge in [0.1, 0.15) is 0 Å². The van der Waals surface area contributed by atoms with Crippen molar-refractivity contribution in [2.24, 2.45) is 5.73 Å². The second kappa shape index (κ2) is 6.87. The van der Waals surface area contributed by atoms with Gasteiger partial charge < -0.3 is 5.73 Å². The summed E-state index contributed by atoms with van der Waals surface area (Å²) in [5.74, 6) is 0. The van der Waals surface area contributed by atoms with Crippen LogP contribution >= 0.6 is 0 Å². The van der Waals surface area contributed by atoms with Crippen LogP contribution in [0.15, 0.2) is 42.5 Å². The van der Waals surface area contributed by atoms with Gasteiger partial charge in [0.2, 0.25) is 0 Å². The second-order valence-electron chi connectivity index (χ2n) is 5.46. The molecule has 0 amide bonds. The maximum atomic E-state index is 6.10. The third-order valence-corrected chi connectivity index (χ3v) is 4.42. The predicted octanol–water partition coefficient (Wildman–Crippen LogP) is 3.96. The van der Waals surface area contributed by atoms with Crippen molar-refractivity contribution in [3.05, 3.63) is 48.0 Å². The van der Waals surface area contributed by atoms with E-state index in [9.17, 15) is 0 Å². The Hall–Kier alpha value is -1.38. The Balaban J connectivity index is 2.44. The second-order valence-corrected chi connectivity index (χ2v) is 5.46. The smallest absolute Gasteiger partial charge is 0.0476 e. The number of benzene rings is 2. The first kappa shape index (κ1) is 15.0. The number of hydrogen-bond acceptors (Lipinski definition) is 2. The molecule has 2 N–H and O–H groups in total. The maximum Gasteiger partial charge on any atom is 0.0476 e. The van der Waals surface area contributed by atoms with E-state index in [1.54, 1.807) is 0 Å². The van der Waals surface area contributed by atoms with E-state index in [1.807, 2.05) is 0 Å². The number of rotatable bonds is 6. The Bertz CT molecular complexity index is 541. The molecule has 0 saturated carbocycles. The fraction of sp³-hybridized carbons (Fsp3) is 0.444. The van der Waals surface area contributed by atoms with Gasteiger partial charge in [-0.05, 0) is 36.2 Å². The van der Waals surface area contributed by atoms with Gasteiger partial charge in [-0.2, -0.15) is 0 Å². The summed E-state index contributed by atoms with van der Waals surface area (Å²) in [4.78, 5) is 2.45. The molecule has 2 aromatic rings. The summed E-state index contributed by atoms with van der Waals surface area (Å²) in [6.07, 6.45) is 2.32. The molecule has 2 rings (SSSR count). The molecular formula is C18H26N2. The molecule has 108 valence electrons. The van der Waals surface area contributed by atoms with Gasteiger partial charge in [-0.3, -0.25) is 4.90 Å². The lowest BCUT2D eigenvalue weighted by molar-refractivity contribution is 0.168. The normalized spacial score (nSPS) is 13.3. The van der Waals surface area contributed by atoms with Gasteiger partial charge in [-0.25, -0.2) is 0 Å². The van der Waals surface area contributed by atoms with Crippen LogP contribution in [0.25, 0.3) is 10.8 Å². The Kier molecular flexibility index (Phi) is 5.16. The molecule has 0 bridgehead atoms. The highest BCUT2D eigenvalue weighted by molar-refractivity contribution is 5.86. The molecule has 0 fully saturated rings. The number of fused-ring (bicyclic) bond motifs is 1. The summed E-state index contributed by atoms with van der Waals surface area (Å²) in [6, 6.07) is 16.0. The number of hydrogen-bond donors (Lipinski definition) is 1. The Morgan fingerprint density at radius 3 is 2.30 bits per heavy atom. The van der Waals surface area contributed by atoms with Crippen LogP contribution in [0.4, 0.5) is 0 Å². The molecule has 1 atom stereocenters. The van der Waals surface area contributed by atoms with E-state index in [4.69, 9.17) is 5.73 Å². The van der Waals surface area contributed by atoms with Crippen molar-refractivity contribution in [3.63, 3.8) is 0 Å². The molecular weight excluding hydrogens is 244 g/mol. The predicted molar refractivity (Wildman–Crippen MR) is 87.9 cm³/mol. The van der Waals surface area contributed by atoms with E-state index in [-0.39, 0.29) is 6.04 Å². The van der Waals surface area contributed by atoms with Crippen molar-refractivity contribution in [2.45, 2.75) is 38.8 Å². The molecule has 2 nitrogen and oxygen atoms in total. The Morgan fingerprint density at radius 1 is 1.00 bits per heavy atom. The highest BCUT2D eigenvalue weighted by Gasteiger charge is 2.22. The highest BCUT2D eigenvalue weighted by Crippen LogP contribution is 2.29. The van der Waals surface area contributed by atoms with Crippen LogP contribution in [0.3, 0.4) is 0 Å². The third kappa shape index (κ3) is 2.87. The van der Waals surface area contributed by atoms with Crippen LogP contribution in [0, 0.1) is 0 Å². The summed E-state index contributed by atoms with van der Waals surface area (Å²) in [5.41, 5.74) is 7.45. The van der Waals surface area contributed by atoms with Crippen LogP contribution in [0.5, 0.6) is 0 Å². The number of nitrogens with zero attached hydrogens (tertiary/aromatic N) is 1. The third-order valence-electron chi connectivity index (χ3n) is 4.42. The van der Waals surface area contributed by atoms with Gasteiger partial charge in [0.15, 0.2) is 0 Å². The van der Waals surface area contributed by atoms with Crippen LogP contribution in [0.2, 0.25) is 0 Å². The zero-order valence-electron chi connectivity index (χ0n) is 12.8. The lowest BCUT2D eigenvalue weighted by Gasteiger charge is -2.34. The first-order valence-electron chi connectivity index (χ1n) is 7.62. The quantitative estimate of drug-likeness (QED) is 0.861. The average molecular weight is 270 g/mol. The van der Waals surface area contributed by atoms with E-state index in [0.717, 1.165) is 12.8 Å². The molecule has 0 spiro atoms. The lowest BCUT2D eigenvalue weighted by Crippen LogP contribution is -2.38. The van der Waals surface area contributed by atoms with Crippen molar-refractivity contribution in [1.29, 1.82) is 0 Å². The largest absolute Gasteiger partial charge is 0.329 e. The first-order valence-corrected chi connectivity index (χ1v) is 7.62. The van der Waals surface area contributed by atoms with Crippen molar-refractivity contribution >= 4 is 10.8 Å². The first-order chi connectivity index (χ1) is 9.72. The minimum atomic E-state index is 0.283. The minimum Gasteiger partial charge on any atom is -0.329 e. The monoisotopic (exact) mass is 270 g/mol. The molecule has 0 aliphatic carbocycles. The van der Waals surface area contributed by atoms with Crippen LogP contribution < -0.4 is 5.73 Å². The standard InChI is InChI=1S/C18H26N2/c1-4-15(5-2)20(3)18(13-19)17-12-8-10-14-9-6-7-11-16(14)17/h6-12,15,18H,4-5,13,19H2,1-3H3. The van der Waals surface area contributed by atoms with Crippen LogP contribution in [-0.2, 0) is 0 Å². The summed E-state index contributed by atoms with van der Waals surface area (Å²) in [7, 11) is 2.21. The van der Waals surface area contributed by atoms with Crippen molar-refractivity contribution < 1.29 is 0 Å². The van der Waals surface area contributed by atoms with Gasteiger partial charge in [0.05, 0.1) is 0 Å². The van der Waals surface area contributed by atoms with Crippen molar-refractivity contribution in [2.75, 3.05) is 13.6 Å². The van der Waals surface area contributed by atoms with E-state index in [1.165, 1.54) is 16.3 Å². The SMILES string of the molecule is CCC(CC)N(C)C(CN)c1cccc2ccccc12. The molecule has 2 aromatic carbocycles. The van der Waals surface area contributed by atoms with E-state index >= 15 is 0 Å². The Morgan fingerprint density at radius 2 is 1.65 bits per heavy atom.